The Morgan fingerprint density at radius 3 is 1.76 bits per heavy atom. The molecule has 5 nitrogen and oxygen atoms in total. The minimum absolute atomic E-state index is 0.206. The lowest BCUT2D eigenvalue weighted by molar-refractivity contribution is 0.155. The summed E-state index contributed by atoms with van der Waals surface area (Å²) in [6, 6.07) is 33.9. The summed E-state index contributed by atoms with van der Waals surface area (Å²) in [5, 5.41) is 9.75. The Morgan fingerprint density at radius 2 is 1.27 bits per heavy atom. The van der Waals surface area contributed by atoms with E-state index >= 15 is 0 Å². The SMILES string of the molecule is Cn1nccc1-c1nn(C(c2ccccc2)(c2ccccc2)c2ccccc2)cc1OC1CCCCC1. The van der Waals surface area contributed by atoms with Crippen LogP contribution in [0, 0.1) is 0 Å². The highest BCUT2D eigenvalue weighted by Gasteiger charge is 2.40. The predicted molar refractivity (Wildman–Crippen MR) is 147 cm³/mol. The topological polar surface area (TPSA) is 44.9 Å². The van der Waals surface area contributed by atoms with Gasteiger partial charge in [-0.15, -0.1) is 0 Å². The van der Waals surface area contributed by atoms with E-state index in [4.69, 9.17) is 9.84 Å². The molecule has 0 unspecified atom stereocenters. The number of nitrogens with zero attached hydrogens (tertiary/aromatic N) is 4. The van der Waals surface area contributed by atoms with Crippen LogP contribution in [0.1, 0.15) is 48.8 Å². The van der Waals surface area contributed by atoms with Crippen LogP contribution in [-0.2, 0) is 12.6 Å². The second-order valence-corrected chi connectivity index (χ2v) is 9.81. The van der Waals surface area contributed by atoms with E-state index in [0.717, 1.165) is 46.7 Å². The molecule has 1 saturated carbocycles. The maximum atomic E-state index is 6.72. The van der Waals surface area contributed by atoms with Crippen LogP contribution in [0.15, 0.2) is 109 Å². The molecule has 0 radical (unpaired) electrons. The van der Waals surface area contributed by atoms with Crippen molar-refractivity contribution in [2.45, 2.75) is 43.7 Å². The van der Waals surface area contributed by atoms with Crippen LogP contribution in [0.4, 0.5) is 0 Å². The summed E-state index contributed by atoms with van der Waals surface area (Å²) in [5.41, 5.74) is 4.47. The van der Waals surface area contributed by atoms with Gasteiger partial charge >= 0.3 is 0 Å². The Balaban J connectivity index is 1.63. The van der Waals surface area contributed by atoms with Crippen LogP contribution in [-0.4, -0.2) is 25.7 Å². The zero-order valence-electron chi connectivity index (χ0n) is 21.2. The molecule has 0 spiro atoms. The maximum Gasteiger partial charge on any atom is 0.167 e. The van der Waals surface area contributed by atoms with E-state index in [1.165, 1.54) is 19.3 Å². The van der Waals surface area contributed by atoms with E-state index in [1.54, 1.807) is 0 Å². The molecule has 5 aromatic rings. The van der Waals surface area contributed by atoms with Crippen LogP contribution in [0.25, 0.3) is 11.4 Å². The molecule has 1 aliphatic carbocycles. The third-order valence-corrected chi connectivity index (χ3v) is 7.51. The molecular weight excluding hydrogens is 456 g/mol. The summed E-state index contributed by atoms with van der Waals surface area (Å²) in [6.45, 7) is 0. The summed E-state index contributed by atoms with van der Waals surface area (Å²) < 4.78 is 10.7. The van der Waals surface area contributed by atoms with E-state index in [2.05, 4.69) is 107 Å². The highest BCUT2D eigenvalue weighted by atomic mass is 16.5. The molecule has 6 rings (SSSR count). The Bertz CT molecular complexity index is 1340. The fraction of sp³-hybridized carbons (Fsp3) is 0.250. The standard InChI is InChI=1S/C32H32N4O/c1-35-29(22-23-33-35)31-30(37-28-20-12-5-13-21-28)24-36(34-31)32(25-14-6-2-7-15-25,26-16-8-3-9-17-26)27-18-10-4-11-19-27/h2-4,6-11,14-19,22-24,28H,5,12-13,20-21H2,1H3. The van der Waals surface area contributed by atoms with Crippen molar-refractivity contribution in [1.82, 2.24) is 19.6 Å². The number of hydrogen-bond donors (Lipinski definition) is 0. The third kappa shape index (κ3) is 4.25. The molecule has 37 heavy (non-hydrogen) atoms. The van der Waals surface area contributed by atoms with E-state index < -0.39 is 5.54 Å². The van der Waals surface area contributed by atoms with Gasteiger partial charge in [-0.2, -0.15) is 10.2 Å². The molecule has 0 atom stereocenters. The van der Waals surface area contributed by atoms with Gasteiger partial charge in [-0.25, -0.2) is 4.68 Å². The van der Waals surface area contributed by atoms with Gasteiger partial charge in [0.2, 0.25) is 0 Å². The molecule has 2 aromatic heterocycles. The number of ether oxygens (including phenoxy) is 1. The normalized spacial score (nSPS) is 14.5. The first kappa shape index (κ1) is 23.3. The van der Waals surface area contributed by atoms with E-state index in [1.807, 2.05) is 24.0 Å². The highest BCUT2D eigenvalue weighted by molar-refractivity contribution is 5.63. The van der Waals surface area contributed by atoms with E-state index in [-0.39, 0.29) is 6.10 Å². The van der Waals surface area contributed by atoms with Crippen molar-refractivity contribution in [2.75, 3.05) is 0 Å². The predicted octanol–water partition coefficient (Wildman–Crippen LogP) is 6.84. The number of rotatable bonds is 7. The molecule has 0 N–H and O–H groups in total. The van der Waals surface area contributed by atoms with Crippen molar-refractivity contribution in [3.63, 3.8) is 0 Å². The fourth-order valence-corrected chi connectivity index (χ4v) is 5.70. The van der Waals surface area contributed by atoms with Gasteiger partial charge in [-0.3, -0.25) is 4.68 Å². The van der Waals surface area contributed by atoms with Crippen LogP contribution in [0.2, 0.25) is 0 Å². The summed E-state index contributed by atoms with van der Waals surface area (Å²) in [6.07, 6.45) is 9.99. The van der Waals surface area contributed by atoms with E-state index in [0.29, 0.717) is 0 Å². The molecule has 2 heterocycles. The Labute approximate surface area is 218 Å². The van der Waals surface area contributed by atoms with Gasteiger partial charge in [0.05, 0.1) is 18.0 Å². The molecule has 0 amide bonds. The first-order chi connectivity index (χ1) is 18.3. The summed E-state index contributed by atoms with van der Waals surface area (Å²) >= 11 is 0. The second-order valence-electron chi connectivity index (χ2n) is 9.81. The summed E-state index contributed by atoms with van der Waals surface area (Å²) in [5.74, 6) is 0.808. The Kier molecular flexibility index (Phi) is 6.35. The van der Waals surface area contributed by atoms with Gasteiger partial charge in [0.25, 0.3) is 0 Å². The molecule has 1 fully saturated rings. The lowest BCUT2D eigenvalue weighted by Gasteiger charge is -2.36. The fourth-order valence-electron chi connectivity index (χ4n) is 5.70. The molecule has 3 aromatic carbocycles. The lowest BCUT2D eigenvalue weighted by atomic mass is 9.77. The van der Waals surface area contributed by atoms with Gasteiger partial charge in [-0.1, -0.05) is 97.4 Å². The number of benzene rings is 3. The van der Waals surface area contributed by atoms with Gasteiger partial charge in [-0.05, 0) is 48.4 Å². The van der Waals surface area contributed by atoms with Crippen LogP contribution < -0.4 is 4.74 Å². The second kappa shape index (κ2) is 10.1. The van der Waals surface area contributed by atoms with Crippen LogP contribution >= 0.6 is 0 Å². The minimum atomic E-state index is -0.689. The summed E-state index contributed by atoms with van der Waals surface area (Å²) in [4.78, 5) is 0. The van der Waals surface area contributed by atoms with Crippen molar-refractivity contribution < 1.29 is 4.74 Å². The summed E-state index contributed by atoms with van der Waals surface area (Å²) in [7, 11) is 1.96. The molecule has 0 aliphatic heterocycles. The maximum absolute atomic E-state index is 6.72. The van der Waals surface area contributed by atoms with Crippen molar-refractivity contribution >= 4 is 0 Å². The number of aromatic nitrogens is 4. The first-order valence-corrected chi connectivity index (χ1v) is 13.2. The molecule has 186 valence electrons. The molecule has 1 aliphatic rings. The lowest BCUT2D eigenvalue weighted by Crippen LogP contribution is -2.38. The van der Waals surface area contributed by atoms with Crippen LogP contribution in [0.5, 0.6) is 5.75 Å². The zero-order valence-corrected chi connectivity index (χ0v) is 21.2. The Hall–Kier alpha value is -4.12. The van der Waals surface area contributed by atoms with Gasteiger partial charge in [0.15, 0.2) is 11.4 Å². The number of aryl methyl sites for hydroxylation is 1. The largest absolute Gasteiger partial charge is 0.486 e. The smallest absolute Gasteiger partial charge is 0.167 e. The van der Waals surface area contributed by atoms with Gasteiger partial charge in [0.1, 0.15) is 5.54 Å². The average Bonchev–Trinajstić information content (AvgIpc) is 3.57. The van der Waals surface area contributed by atoms with Crippen LogP contribution in [0.3, 0.4) is 0 Å². The molecule has 0 bridgehead atoms. The average molecular weight is 489 g/mol. The van der Waals surface area contributed by atoms with Gasteiger partial charge in [0, 0.05) is 13.2 Å². The molecule has 5 heteroatoms. The van der Waals surface area contributed by atoms with Gasteiger partial charge < -0.3 is 4.74 Å². The monoisotopic (exact) mass is 488 g/mol. The quantitative estimate of drug-likeness (QED) is 0.236. The first-order valence-electron chi connectivity index (χ1n) is 13.2. The molecular formula is C32H32N4O. The third-order valence-electron chi connectivity index (χ3n) is 7.51. The number of hydrogen-bond acceptors (Lipinski definition) is 3. The molecule has 0 saturated heterocycles. The van der Waals surface area contributed by atoms with E-state index in [9.17, 15) is 0 Å². The zero-order chi connectivity index (χ0) is 25.1. The van der Waals surface area contributed by atoms with Crippen molar-refractivity contribution in [3.05, 3.63) is 126 Å². The Morgan fingerprint density at radius 1 is 0.730 bits per heavy atom. The van der Waals surface area contributed by atoms with Crippen molar-refractivity contribution in [3.8, 4) is 17.1 Å². The highest BCUT2D eigenvalue weighted by Crippen LogP contribution is 2.43. The minimum Gasteiger partial charge on any atom is -0.486 e. The van der Waals surface area contributed by atoms with Crippen molar-refractivity contribution in [1.29, 1.82) is 0 Å². The van der Waals surface area contributed by atoms with Crippen molar-refractivity contribution in [2.24, 2.45) is 7.05 Å².